The maximum Gasteiger partial charge on any atom is 0.276 e. The molecule has 0 bridgehead atoms. The van der Waals surface area contributed by atoms with Gasteiger partial charge in [0.2, 0.25) is 0 Å². The average molecular weight is 353 g/mol. The highest BCUT2D eigenvalue weighted by atomic mass is 16.3. The molecular formula is C20H23N3O3. The number of nitrogens with zero attached hydrogens (tertiary/aromatic N) is 2. The first-order valence-corrected chi connectivity index (χ1v) is 9.25. The van der Waals surface area contributed by atoms with Crippen molar-refractivity contribution in [3.8, 4) is 5.75 Å². The lowest BCUT2D eigenvalue weighted by Crippen LogP contribution is -2.35. The van der Waals surface area contributed by atoms with E-state index in [1.807, 2.05) is 18.2 Å². The summed E-state index contributed by atoms with van der Waals surface area (Å²) >= 11 is 0. The predicted octanol–water partition coefficient (Wildman–Crippen LogP) is 2.35. The number of benzene rings is 1. The van der Waals surface area contributed by atoms with Crippen LogP contribution in [0.15, 0.2) is 41.3 Å². The Balaban J connectivity index is 1.67. The molecule has 2 aliphatic rings. The number of hydrogen-bond acceptors (Lipinski definition) is 4. The molecule has 0 atom stereocenters. The highest BCUT2D eigenvalue weighted by Gasteiger charge is 2.36. The fraction of sp³-hybridized carbons (Fsp3) is 0.450. The summed E-state index contributed by atoms with van der Waals surface area (Å²) in [6, 6.07) is 10.4. The molecule has 0 aliphatic heterocycles. The Hall–Kier alpha value is -2.63. The van der Waals surface area contributed by atoms with E-state index in [9.17, 15) is 14.7 Å². The maximum absolute atomic E-state index is 12.3. The smallest absolute Gasteiger partial charge is 0.276 e. The van der Waals surface area contributed by atoms with Crippen molar-refractivity contribution in [1.29, 1.82) is 0 Å². The minimum atomic E-state index is -0.709. The number of amides is 1. The summed E-state index contributed by atoms with van der Waals surface area (Å²) in [5.41, 5.74) is 0.221. The van der Waals surface area contributed by atoms with E-state index in [1.54, 1.807) is 4.68 Å². The summed E-state index contributed by atoms with van der Waals surface area (Å²) in [6.07, 6.45) is 7.52. The number of hydrogen-bond donors (Lipinski definition) is 2. The van der Waals surface area contributed by atoms with Crippen molar-refractivity contribution in [2.45, 2.75) is 56.5 Å². The maximum atomic E-state index is 12.3. The van der Waals surface area contributed by atoms with Gasteiger partial charge in [0.25, 0.3) is 11.3 Å². The largest absolute Gasteiger partial charge is 0.503 e. The molecule has 2 N–H and O–H groups in total. The first-order valence-electron chi connectivity index (χ1n) is 9.25. The van der Waals surface area contributed by atoms with Gasteiger partial charge in [-0.25, -0.2) is 0 Å². The quantitative estimate of drug-likeness (QED) is 0.864. The first-order chi connectivity index (χ1) is 12.6. The molecule has 6 heteroatoms. The second-order valence-electron chi connectivity index (χ2n) is 7.49. The Morgan fingerprint density at radius 3 is 2.58 bits per heavy atom. The third-order valence-electron chi connectivity index (χ3n) is 5.49. The summed E-state index contributed by atoms with van der Waals surface area (Å²) in [7, 11) is 0. The van der Waals surface area contributed by atoms with Crippen LogP contribution in [-0.4, -0.2) is 26.8 Å². The number of aromatic hydroxyl groups is 1. The summed E-state index contributed by atoms with van der Waals surface area (Å²) in [6.45, 7) is 0.536. The van der Waals surface area contributed by atoms with Crippen LogP contribution in [0.1, 0.15) is 54.6 Å². The molecule has 1 aromatic heterocycles. The molecule has 2 aliphatic carbocycles. The van der Waals surface area contributed by atoms with Crippen LogP contribution in [0.4, 0.5) is 0 Å². The highest BCUT2D eigenvalue weighted by Crippen LogP contribution is 2.42. The van der Waals surface area contributed by atoms with E-state index in [1.165, 1.54) is 11.8 Å². The van der Waals surface area contributed by atoms with Gasteiger partial charge in [0, 0.05) is 11.5 Å². The molecule has 1 heterocycles. The fourth-order valence-electron chi connectivity index (χ4n) is 3.93. The van der Waals surface area contributed by atoms with Gasteiger partial charge in [-0.15, -0.1) is 0 Å². The van der Waals surface area contributed by atoms with Crippen LogP contribution in [0.3, 0.4) is 0 Å². The molecule has 0 spiro atoms. The zero-order valence-corrected chi connectivity index (χ0v) is 14.6. The van der Waals surface area contributed by atoms with E-state index in [2.05, 4.69) is 22.5 Å². The Morgan fingerprint density at radius 2 is 1.92 bits per heavy atom. The van der Waals surface area contributed by atoms with Gasteiger partial charge in [0.05, 0.1) is 12.7 Å². The predicted molar refractivity (Wildman–Crippen MR) is 97.2 cm³/mol. The normalized spacial score (nSPS) is 18.6. The third-order valence-corrected chi connectivity index (χ3v) is 5.49. The van der Waals surface area contributed by atoms with E-state index >= 15 is 0 Å². The number of carbonyl (C=O) groups is 1. The summed E-state index contributed by atoms with van der Waals surface area (Å²) in [5.74, 6) is -0.926. The highest BCUT2D eigenvalue weighted by molar-refractivity contribution is 5.92. The molecule has 0 radical (unpaired) electrons. The Bertz CT molecular complexity index is 866. The second-order valence-corrected chi connectivity index (χ2v) is 7.49. The van der Waals surface area contributed by atoms with Crippen molar-refractivity contribution in [2.75, 3.05) is 0 Å². The molecule has 1 amide bonds. The van der Waals surface area contributed by atoms with E-state index in [-0.39, 0.29) is 17.2 Å². The van der Waals surface area contributed by atoms with Crippen molar-refractivity contribution < 1.29 is 9.90 Å². The van der Waals surface area contributed by atoms with Crippen molar-refractivity contribution in [3.05, 3.63) is 58.0 Å². The number of rotatable bonds is 5. The monoisotopic (exact) mass is 353 g/mol. The first kappa shape index (κ1) is 16.8. The van der Waals surface area contributed by atoms with E-state index in [0.717, 1.165) is 38.5 Å². The molecule has 0 saturated heterocycles. The van der Waals surface area contributed by atoms with Crippen molar-refractivity contribution in [3.63, 3.8) is 0 Å². The molecule has 2 fully saturated rings. The SMILES string of the molecule is O=C(NC1CC1)c1nn(CC2(c3ccccc3)CCCC2)cc(O)c1=O. The molecule has 4 rings (SSSR count). The number of aromatic nitrogens is 2. The second kappa shape index (κ2) is 6.59. The molecule has 1 aromatic carbocycles. The van der Waals surface area contributed by atoms with E-state index in [4.69, 9.17) is 0 Å². The minimum Gasteiger partial charge on any atom is -0.503 e. The van der Waals surface area contributed by atoms with Gasteiger partial charge in [-0.05, 0) is 31.2 Å². The van der Waals surface area contributed by atoms with Crippen LogP contribution in [0.5, 0.6) is 5.75 Å². The average Bonchev–Trinajstić information content (AvgIpc) is 3.33. The Kier molecular flexibility index (Phi) is 4.26. The topological polar surface area (TPSA) is 84.2 Å². The van der Waals surface area contributed by atoms with Crippen molar-refractivity contribution in [1.82, 2.24) is 15.1 Å². The van der Waals surface area contributed by atoms with Crippen LogP contribution in [0.25, 0.3) is 0 Å². The molecule has 6 nitrogen and oxygen atoms in total. The standard InChI is InChI=1S/C20H23N3O3/c24-16-12-23(22-17(18(16)25)19(26)21-15-8-9-15)13-20(10-4-5-11-20)14-6-2-1-3-7-14/h1-3,6-7,12,15,24H,4-5,8-11,13H2,(H,21,26). The van der Waals surface area contributed by atoms with Gasteiger partial charge in [-0.2, -0.15) is 5.10 Å². The summed E-state index contributed by atoms with van der Waals surface area (Å²) in [5, 5.41) is 17.1. The molecular weight excluding hydrogens is 330 g/mol. The van der Waals surface area contributed by atoms with Gasteiger partial charge in [-0.3, -0.25) is 14.3 Å². The van der Waals surface area contributed by atoms with Crippen LogP contribution in [0, 0.1) is 0 Å². The zero-order chi connectivity index (χ0) is 18.1. The van der Waals surface area contributed by atoms with E-state index < -0.39 is 17.1 Å². The number of nitrogens with one attached hydrogen (secondary N) is 1. The van der Waals surface area contributed by atoms with Crippen LogP contribution in [0.2, 0.25) is 0 Å². The van der Waals surface area contributed by atoms with Crippen molar-refractivity contribution in [2.24, 2.45) is 0 Å². The Morgan fingerprint density at radius 1 is 1.23 bits per heavy atom. The molecule has 136 valence electrons. The van der Waals surface area contributed by atoms with E-state index in [0.29, 0.717) is 6.54 Å². The molecule has 26 heavy (non-hydrogen) atoms. The van der Waals surface area contributed by atoms with Crippen LogP contribution in [-0.2, 0) is 12.0 Å². The van der Waals surface area contributed by atoms with Gasteiger partial charge in [0.1, 0.15) is 0 Å². The zero-order valence-electron chi connectivity index (χ0n) is 14.6. The molecule has 0 unspecified atom stereocenters. The molecule has 2 saturated carbocycles. The summed E-state index contributed by atoms with van der Waals surface area (Å²) < 4.78 is 1.57. The lowest BCUT2D eigenvalue weighted by molar-refractivity contribution is 0.0941. The van der Waals surface area contributed by atoms with Crippen molar-refractivity contribution >= 4 is 5.91 Å². The lowest BCUT2D eigenvalue weighted by Gasteiger charge is -2.30. The Labute approximate surface area is 151 Å². The van der Waals surface area contributed by atoms with Crippen LogP contribution < -0.4 is 10.7 Å². The van der Waals surface area contributed by atoms with Crippen LogP contribution >= 0.6 is 0 Å². The summed E-state index contributed by atoms with van der Waals surface area (Å²) in [4.78, 5) is 24.5. The number of carbonyl (C=O) groups excluding carboxylic acids is 1. The van der Waals surface area contributed by atoms with Gasteiger partial charge >= 0.3 is 0 Å². The van der Waals surface area contributed by atoms with Gasteiger partial charge in [-0.1, -0.05) is 43.2 Å². The minimum absolute atomic E-state index is 0.0833. The van der Waals surface area contributed by atoms with Gasteiger partial charge < -0.3 is 10.4 Å². The lowest BCUT2D eigenvalue weighted by atomic mass is 9.79. The van der Waals surface area contributed by atoms with Gasteiger partial charge in [0.15, 0.2) is 11.4 Å². The molecule has 2 aromatic rings. The third kappa shape index (κ3) is 3.23. The fourth-order valence-corrected chi connectivity index (χ4v) is 3.93.